The maximum atomic E-state index is 14.9. The molecule has 0 bridgehead atoms. The lowest BCUT2D eigenvalue weighted by Crippen LogP contribution is -2.53. The number of benzene rings is 1. The van der Waals surface area contributed by atoms with Crippen LogP contribution in [-0.4, -0.2) is 235 Å². The van der Waals surface area contributed by atoms with Crippen molar-refractivity contribution in [3.05, 3.63) is 83.2 Å². The summed E-state index contributed by atoms with van der Waals surface area (Å²) >= 11 is 0. The van der Waals surface area contributed by atoms with Gasteiger partial charge in [0, 0.05) is 78.6 Å². The van der Waals surface area contributed by atoms with Crippen molar-refractivity contribution in [2.75, 3.05) is 90.6 Å². The molecule has 3 amide bonds. The number of aliphatic carboxylic acids is 1. The van der Waals surface area contributed by atoms with Gasteiger partial charge in [-0.1, -0.05) is 89.8 Å². The molecule has 576 valence electrons. The number of esters is 5. The molecule has 27 nitrogen and oxygen atoms in total. The van der Waals surface area contributed by atoms with E-state index in [1.807, 2.05) is 65.0 Å². The van der Waals surface area contributed by atoms with Gasteiger partial charge in [0.2, 0.25) is 0 Å². The zero-order chi connectivity index (χ0) is 76.3. The molecule has 2 aromatic heterocycles. The van der Waals surface area contributed by atoms with Gasteiger partial charge in [0.25, 0.3) is 5.91 Å². The molecule has 4 fully saturated rings. The minimum atomic E-state index is -1.47. The number of likely N-dealkylation sites (N-methyl/N-ethyl adjacent to an activating group) is 4. The van der Waals surface area contributed by atoms with Crippen LogP contribution in [0.3, 0.4) is 0 Å². The molecule has 2 saturated heterocycles. The normalized spacial score (nSPS) is 17.6. The fourth-order valence-electron chi connectivity index (χ4n) is 12.3. The lowest BCUT2D eigenvalue weighted by Gasteiger charge is -2.38. The van der Waals surface area contributed by atoms with Crippen LogP contribution < -0.4 is 9.80 Å². The monoisotopic (exact) mass is 1450 g/mol. The molecule has 3 aromatic rings. The van der Waals surface area contributed by atoms with E-state index in [0.717, 1.165) is 48.4 Å². The maximum absolute atomic E-state index is 14.9. The summed E-state index contributed by atoms with van der Waals surface area (Å²) in [6.07, 6.45) is 2.35. The average molecular weight is 1460 g/mol. The van der Waals surface area contributed by atoms with Gasteiger partial charge < -0.3 is 62.4 Å². The first-order valence-corrected chi connectivity index (χ1v) is 36.8. The molecule has 1 aromatic carbocycles. The fraction of sp³-hybridized carbons (Fsp3) is 0.675. The highest BCUT2D eigenvalue weighted by molar-refractivity contribution is 5.91. The molecular formula is C77H114N8O19. The molecule has 0 radical (unpaired) electrons. The Morgan fingerprint density at radius 2 is 0.971 bits per heavy atom. The number of hydrogen-bond acceptors (Lipinski definition) is 23. The molecule has 1 N–H and O–H groups in total. The van der Waals surface area contributed by atoms with Crippen molar-refractivity contribution in [2.45, 2.75) is 233 Å². The zero-order valence-electron chi connectivity index (χ0n) is 64.0. The van der Waals surface area contributed by atoms with E-state index in [0.29, 0.717) is 95.8 Å². The van der Waals surface area contributed by atoms with Gasteiger partial charge >= 0.3 is 48.0 Å². The van der Waals surface area contributed by atoms with Gasteiger partial charge in [-0.05, 0) is 159 Å². The van der Waals surface area contributed by atoms with Crippen LogP contribution in [0, 0.1) is 23.7 Å². The van der Waals surface area contributed by atoms with Crippen LogP contribution in [0.4, 0.5) is 21.2 Å². The SMILES string of the molecule is CC(C)C[C@@H](C(=O)O[C@H](C)C(=O)OCc1ccc(CCC(C)(C)OC(=O)N(C)[C@@H](CC2CC2)C(=O)O[C@H](Cc2ccc(N3CCOCC3)nc2)C(C)N(C)[C@@H](CC(C)C)C(=O)O[C@H](C)C(=O)O)cc1)N(C)C(=O)[C@@H](Cc1ccc(N2CCOCC2)nc1)OC(=O)[C@H](CC1CC1)N(C)C(=O)OC(C)(C)C. The second-order valence-corrected chi connectivity index (χ2v) is 30.8. The third-order valence-electron chi connectivity index (χ3n) is 19.4. The number of rotatable bonds is 37. The summed E-state index contributed by atoms with van der Waals surface area (Å²) in [6, 6.07) is 9.96. The second kappa shape index (κ2) is 38.2. The Bertz CT molecular complexity index is 3330. The van der Waals surface area contributed by atoms with Crippen LogP contribution in [-0.2, 0) is 102 Å². The highest BCUT2D eigenvalue weighted by atomic mass is 16.6. The molecule has 7 rings (SSSR count). The first kappa shape index (κ1) is 83.1. The predicted molar refractivity (Wildman–Crippen MR) is 386 cm³/mol. The van der Waals surface area contributed by atoms with E-state index >= 15 is 0 Å². The topological polar surface area (TPSA) is 302 Å². The fourth-order valence-corrected chi connectivity index (χ4v) is 12.3. The average Bonchev–Trinajstić information content (AvgIpc) is 1.21. The van der Waals surface area contributed by atoms with E-state index in [1.165, 1.54) is 49.7 Å². The summed E-state index contributed by atoms with van der Waals surface area (Å²) < 4.78 is 52.3. The lowest BCUT2D eigenvalue weighted by atomic mass is 9.97. The van der Waals surface area contributed by atoms with E-state index < -0.39 is 120 Å². The Morgan fingerprint density at radius 3 is 1.44 bits per heavy atom. The van der Waals surface area contributed by atoms with E-state index in [-0.39, 0.29) is 49.5 Å². The van der Waals surface area contributed by atoms with Gasteiger partial charge in [0.1, 0.15) is 59.7 Å². The number of hydrogen-bond donors (Lipinski definition) is 1. The standard InChI is InChI=1S/C77H114N8O19/c1-48(2)39-59(70(90)99-51(6)68(87)88)80(13)50(5)63(43-57-25-27-65(78-45-57)84-31-35-96-36-32-84)101-72(92)61(41-54-19-20-54)83(16)75(95)104-77(11,12)30-29-53-17-23-56(24-18-53)47-98-69(89)52(7)100-71(91)60(40-49(3)4)81(14)67(86)64(44-58-26-28-66(79-46-58)85-33-37-97-38-34-85)102-73(93)62(42-55-21-22-55)82(15)74(94)103-76(8,9)10/h17-18,23-28,45-46,48-52,54-55,59-64H,19-22,29-44,47H2,1-16H3,(H,87,88)/t50?,51-,52-,59+,60+,61+,62+,63-,64-/m1/s1. The summed E-state index contributed by atoms with van der Waals surface area (Å²) in [7, 11) is 6.15. The number of carboxylic acid groups (broad SMARTS) is 1. The van der Waals surface area contributed by atoms with Crippen molar-refractivity contribution in [2.24, 2.45) is 23.7 Å². The van der Waals surface area contributed by atoms with Gasteiger partial charge in [-0.25, -0.2) is 43.5 Å². The van der Waals surface area contributed by atoms with Crippen LogP contribution >= 0.6 is 0 Å². The Kier molecular flexibility index (Phi) is 30.5. The predicted octanol–water partition coefficient (Wildman–Crippen LogP) is 9.04. The molecule has 9 atom stereocenters. The number of morpholine rings is 2. The number of aryl methyl sites for hydroxylation is 1. The van der Waals surface area contributed by atoms with E-state index in [9.17, 15) is 48.3 Å². The maximum Gasteiger partial charge on any atom is 0.410 e. The molecule has 2 aliphatic heterocycles. The smallest absolute Gasteiger partial charge is 0.410 e. The van der Waals surface area contributed by atoms with E-state index in [1.54, 1.807) is 77.2 Å². The largest absolute Gasteiger partial charge is 0.479 e. The molecule has 0 spiro atoms. The van der Waals surface area contributed by atoms with E-state index in [4.69, 9.17) is 47.6 Å². The number of carbonyl (C=O) groups excluding carboxylic acids is 8. The van der Waals surface area contributed by atoms with Crippen LogP contribution in [0.15, 0.2) is 60.9 Å². The van der Waals surface area contributed by atoms with Gasteiger partial charge in [0.15, 0.2) is 18.3 Å². The highest BCUT2D eigenvalue weighted by Crippen LogP contribution is 2.37. The van der Waals surface area contributed by atoms with Crippen molar-refractivity contribution in [1.29, 1.82) is 0 Å². The number of pyridine rings is 2. The molecule has 4 heterocycles. The number of carboxylic acids is 1. The number of nitrogens with zero attached hydrogens (tertiary/aromatic N) is 8. The summed E-state index contributed by atoms with van der Waals surface area (Å²) in [5.41, 5.74) is 1.01. The third-order valence-corrected chi connectivity index (χ3v) is 19.4. The number of carbonyl (C=O) groups is 9. The Morgan fingerprint density at radius 1 is 0.529 bits per heavy atom. The van der Waals surface area contributed by atoms with Crippen molar-refractivity contribution in [1.82, 2.24) is 29.6 Å². The summed E-state index contributed by atoms with van der Waals surface area (Å²) in [5.74, 6) is -4.14. The Hall–Kier alpha value is -8.17. The number of amides is 3. The van der Waals surface area contributed by atoms with Crippen LogP contribution in [0.5, 0.6) is 0 Å². The highest BCUT2D eigenvalue weighted by Gasteiger charge is 2.44. The van der Waals surface area contributed by atoms with Gasteiger partial charge in [0.05, 0.1) is 26.4 Å². The minimum absolute atomic E-state index is 0.00871. The molecule has 2 aliphatic carbocycles. The Labute approximate surface area is 613 Å². The quantitative estimate of drug-likeness (QED) is 0.0415. The van der Waals surface area contributed by atoms with Gasteiger partial charge in [-0.2, -0.15) is 0 Å². The number of aromatic nitrogens is 2. The lowest BCUT2D eigenvalue weighted by molar-refractivity contribution is -0.174. The van der Waals surface area contributed by atoms with Crippen LogP contribution in [0.2, 0.25) is 0 Å². The molecule has 4 aliphatic rings. The first-order chi connectivity index (χ1) is 49.1. The van der Waals surface area contributed by atoms with Crippen molar-refractivity contribution >= 4 is 65.5 Å². The van der Waals surface area contributed by atoms with Crippen molar-refractivity contribution in [3.8, 4) is 0 Å². The van der Waals surface area contributed by atoms with Crippen molar-refractivity contribution < 1.29 is 90.9 Å². The summed E-state index contributed by atoms with van der Waals surface area (Å²) in [6.45, 7) is 25.7. The Balaban J connectivity index is 0.959. The molecule has 1 unspecified atom stereocenters. The first-order valence-electron chi connectivity index (χ1n) is 36.8. The number of ether oxygens (including phenoxy) is 9. The second-order valence-electron chi connectivity index (χ2n) is 30.8. The van der Waals surface area contributed by atoms with Gasteiger partial charge in [-0.3, -0.25) is 24.3 Å². The van der Waals surface area contributed by atoms with E-state index in [2.05, 4.69) is 14.8 Å². The summed E-state index contributed by atoms with van der Waals surface area (Å²) in [5, 5.41) is 9.60. The van der Waals surface area contributed by atoms with Crippen LogP contribution in [0.25, 0.3) is 0 Å². The minimum Gasteiger partial charge on any atom is -0.479 e. The molecule has 2 saturated carbocycles. The number of anilines is 2. The molecule has 104 heavy (non-hydrogen) atoms. The third kappa shape index (κ3) is 25.9. The summed E-state index contributed by atoms with van der Waals surface area (Å²) in [4.78, 5) is 144. The van der Waals surface area contributed by atoms with Gasteiger partial charge in [-0.15, -0.1) is 0 Å². The molecule has 27 heteroatoms. The van der Waals surface area contributed by atoms with Crippen molar-refractivity contribution in [3.63, 3.8) is 0 Å². The molecular weight excluding hydrogens is 1340 g/mol. The van der Waals surface area contributed by atoms with Crippen LogP contribution in [0.1, 0.15) is 163 Å². The zero-order valence-corrected chi connectivity index (χ0v) is 64.0.